The van der Waals surface area contributed by atoms with E-state index < -0.39 is 0 Å². The van der Waals surface area contributed by atoms with Crippen molar-refractivity contribution >= 4 is 21.7 Å². The van der Waals surface area contributed by atoms with Crippen molar-refractivity contribution in [3.63, 3.8) is 0 Å². The van der Waals surface area contributed by atoms with Gasteiger partial charge in [0.2, 0.25) is 0 Å². The fourth-order valence-electron chi connectivity index (χ4n) is 5.53. The van der Waals surface area contributed by atoms with Crippen molar-refractivity contribution in [2.45, 2.75) is 51.4 Å². The van der Waals surface area contributed by atoms with Gasteiger partial charge in [-0.25, -0.2) is 0 Å². The molecule has 0 saturated heterocycles. The molecule has 4 atom stereocenters. The number of benzene rings is 1. The number of carbonyl (C=O) groups excluding carboxylic acids is 1. The Morgan fingerprint density at radius 2 is 2.05 bits per heavy atom. The molecule has 3 heteroatoms. The zero-order valence-corrected chi connectivity index (χ0v) is 14.9. The van der Waals surface area contributed by atoms with Gasteiger partial charge >= 0.3 is 0 Å². The van der Waals surface area contributed by atoms with Crippen LogP contribution in [-0.2, 0) is 11.2 Å². The maximum Gasteiger partial charge on any atom is 0.139 e. The molecule has 0 bridgehead atoms. The highest BCUT2D eigenvalue weighted by Gasteiger charge is 2.54. The largest absolute Gasteiger partial charge is 0.497 e. The molecule has 118 valence electrons. The van der Waals surface area contributed by atoms with Crippen molar-refractivity contribution in [1.82, 2.24) is 0 Å². The highest BCUT2D eigenvalue weighted by Crippen LogP contribution is 2.60. The highest BCUT2D eigenvalue weighted by atomic mass is 79.9. The lowest BCUT2D eigenvalue weighted by atomic mass is 9.55. The van der Waals surface area contributed by atoms with E-state index in [1.165, 1.54) is 22.0 Å². The van der Waals surface area contributed by atoms with Crippen LogP contribution in [0.5, 0.6) is 5.75 Å². The summed E-state index contributed by atoms with van der Waals surface area (Å²) in [4.78, 5) is 12.4. The number of Topliss-reactive ketones (excluding diaryl/α,β-unsaturated/α-hetero) is 1. The SMILES string of the molecule is COc1cc(Br)c2c(c1)CC[C@@H]1[C@@H]2CC[C@]2(C)C(=O)CC[C@@H]12. The van der Waals surface area contributed by atoms with Crippen molar-refractivity contribution in [3.8, 4) is 5.75 Å². The summed E-state index contributed by atoms with van der Waals surface area (Å²) in [5, 5.41) is 0. The molecule has 0 radical (unpaired) electrons. The number of hydrogen-bond acceptors (Lipinski definition) is 2. The fraction of sp³-hybridized carbons (Fsp3) is 0.632. The molecule has 0 heterocycles. The van der Waals surface area contributed by atoms with E-state index >= 15 is 0 Å². The summed E-state index contributed by atoms with van der Waals surface area (Å²) in [6, 6.07) is 4.32. The van der Waals surface area contributed by atoms with Gasteiger partial charge in [0.25, 0.3) is 0 Å². The Morgan fingerprint density at radius 1 is 1.23 bits per heavy atom. The molecule has 2 fully saturated rings. The molecule has 0 aromatic heterocycles. The Morgan fingerprint density at radius 3 is 2.82 bits per heavy atom. The average Bonchev–Trinajstić information content (AvgIpc) is 2.82. The first-order chi connectivity index (χ1) is 10.5. The molecule has 1 aromatic carbocycles. The lowest BCUT2D eigenvalue weighted by Gasteiger charge is -2.48. The summed E-state index contributed by atoms with van der Waals surface area (Å²) < 4.78 is 6.62. The second kappa shape index (κ2) is 5.09. The van der Waals surface area contributed by atoms with Gasteiger partial charge in [-0.15, -0.1) is 0 Å². The number of fused-ring (bicyclic) bond motifs is 5. The van der Waals surface area contributed by atoms with E-state index in [2.05, 4.69) is 35.0 Å². The quantitative estimate of drug-likeness (QED) is 0.711. The van der Waals surface area contributed by atoms with E-state index in [-0.39, 0.29) is 5.41 Å². The minimum Gasteiger partial charge on any atom is -0.497 e. The molecule has 3 aliphatic rings. The zero-order valence-electron chi connectivity index (χ0n) is 13.3. The second-order valence-electron chi connectivity index (χ2n) is 7.52. The number of aryl methyl sites for hydroxylation is 1. The van der Waals surface area contributed by atoms with E-state index in [0.29, 0.717) is 23.5 Å². The van der Waals surface area contributed by atoms with Crippen molar-refractivity contribution < 1.29 is 9.53 Å². The van der Waals surface area contributed by atoms with Gasteiger partial charge in [0.05, 0.1) is 7.11 Å². The van der Waals surface area contributed by atoms with E-state index in [1.807, 2.05) is 0 Å². The second-order valence-corrected chi connectivity index (χ2v) is 8.37. The van der Waals surface area contributed by atoms with Crippen LogP contribution in [0.3, 0.4) is 0 Å². The van der Waals surface area contributed by atoms with Gasteiger partial charge < -0.3 is 4.74 Å². The van der Waals surface area contributed by atoms with Crippen molar-refractivity contribution in [2.24, 2.45) is 17.3 Å². The average molecular weight is 363 g/mol. The van der Waals surface area contributed by atoms with Crippen LogP contribution in [0, 0.1) is 17.3 Å². The molecule has 0 aliphatic heterocycles. The van der Waals surface area contributed by atoms with Gasteiger partial charge in [0.15, 0.2) is 0 Å². The third-order valence-electron chi connectivity index (χ3n) is 6.69. The van der Waals surface area contributed by atoms with E-state index in [4.69, 9.17) is 4.74 Å². The maximum absolute atomic E-state index is 12.4. The van der Waals surface area contributed by atoms with Gasteiger partial charge in [0.1, 0.15) is 11.5 Å². The van der Waals surface area contributed by atoms with Gasteiger partial charge in [-0.1, -0.05) is 22.9 Å². The standard InChI is InChI=1S/C19H23BrO2/c1-19-8-7-14-13(15(19)5-6-17(19)21)4-3-11-9-12(22-2)10-16(20)18(11)14/h9-10,13-15H,3-8H2,1-2H3/t13-,14+,15+,19+/m1/s1. The predicted molar refractivity (Wildman–Crippen MR) is 90.3 cm³/mol. The van der Waals surface area contributed by atoms with E-state index in [1.54, 1.807) is 7.11 Å². The molecule has 4 rings (SSSR count). The van der Waals surface area contributed by atoms with Crippen molar-refractivity contribution in [1.29, 1.82) is 0 Å². The van der Waals surface area contributed by atoms with E-state index in [0.717, 1.165) is 37.9 Å². The summed E-state index contributed by atoms with van der Waals surface area (Å²) >= 11 is 3.79. The molecule has 0 N–H and O–H groups in total. The predicted octanol–water partition coefficient (Wildman–Crippen LogP) is 4.88. The van der Waals surface area contributed by atoms with Crippen LogP contribution in [0.25, 0.3) is 0 Å². The summed E-state index contributed by atoms with van der Waals surface area (Å²) in [5.74, 6) is 3.37. The number of halogens is 1. The zero-order chi connectivity index (χ0) is 15.5. The molecular weight excluding hydrogens is 340 g/mol. The normalized spacial score (nSPS) is 36.5. The molecule has 0 amide bonds. The number of rotatable bonds is 1. The minimum atomic E-state index is -0.0301. The summed E-state index contributed by atoms with van der Waals surface area (Å²) in [5.41, 5.74) is 2.91. The topological polar surface area (TPSA) is 26.3 Å². The first-order valence-corrected chi connectivity index (χ1v) is 9.23. The molecule has 2 nitrogen and oxygen atoms in total. The molecule has 0 unspecified atom stereocenters. The molecule has 22 heavy (non-hydrogen) atoms. The summed E-state index contributed by atoms with van der Waals surface area (Å²) in [7, 11) is 1.73. The number of ether oxygens (including phenoxy) is 1. The lowest BCUT2D eigenvalue weighted by molar-refractivity contribution is -0.129. The smallest absolute Gasteiger partial charge is 0.139 e. The van der Waals surface area contributed by atoms with Crippen LogP contribution in [0.2, 0.25) is 0 Å². The third-order valence-corrected chi connectivity index (χ3v) is 7.34. The number of ketones is 1. The molecule has 2 saturated carbocycles. The highest BCUT2D eigenvalue weighted by molar-refractivity contribution is 9.10. The van der Waals surface area contributed by atoms with Crippen molar-refractivity contribution in [3.05, 3.63) is 27.7 Å². The van der Waals surface area contributed by atoms with Crippen LogP contribution >= 0.6 is 15.9 Å². The van der Waals surface area contributed by atoms with Gasteiger partial charge in [-0.05, 0) is 73.1 Å². The van der Waals surface area contributed by atoms with Gasteiger partial charge in [0, 0.05) is 16.3 Å². The first-order valence-electron chi connectivity index (χ1n) is 8.44. The maximum atomic E-state index is 12.4. The first kappa shape index (κ1) is 14.7. The molecular formula is C19H23BrO2. The van der Waals surface area contributed by atoms with Crippen LogP contribution < -0.4 is 4.74 Å². The van der Waals surface area contributed by atoms with Crippen LogP contribution in [0.1, 0.15) is 56.1 Å². The molecule has 3 aliphatic carbocycles. The fourth-order valence-corrected chi connectivity index (χ4v) is 6.30. The Hall–Kier alpha value is -0.830. The Kier molecular flexibility index (Phi) is 3.41. The van der Waals surface area contributed by atoms with Gasteiger partial charge in [-0.3, -0.25) is 4.79 Å². The number of carbonyl (C=O) groups is 1. The summed E-state index contributed by atoms with van der Waals surface area (Å²) in [6.07, 6.45) is 6.48. The van der Waals surface area contributed by atoms with Crippen molar-refractivity contribution in [2.75, 3.05) is 7.11 Å². The monoisotopic (exact) mass is 362 g/mol. The Labute approximate surface area is 140 Å². The molecule has 0 spiro atoms. The van der Waals surface area contributed by atoms with Crippen LogP contribution in [0.4, 0.5) is 0 Å². The number of hydrogen-bond donors (Lipinski definition) is 0. The lowest BCUT2D eigenvalue weighted by Crippen LogP contribution is -2.42. The summed E-state index contributed by atoms with van der Waals surface area (Å²) in [6.45, 7) is 2.24. The number of methoxy groups -OCH3 is 1. The Balaban J connectivity index is 1.75. The minimum absolute atomic E-state index is 0.0301. The van der Waals surface area contributed by atoms with E-state index in [9.17, 15) is 4.79 Å². The third kappa shape index (κ3) is 1.94. The van der Waals surface area contributed by atoms with Crippen LogP contribution in [0.15, 0.2) is 16.6 Å². The molecule has 1 aromatic rings. The Bertz CT molecular complexity index is 639. The van der Waals surface area contributed by atoms with Gasteiger partial charge in [-0.2, -0.15) is 0 Å². The van der Waals surface area contributed by atoms with Crippen LogP contribution in [-0.4, -0.2) is 12.9 Å².